The first-order valence-corrected chi connectivity index (χ1v) is 9.17. The maximum absolute atomic E-state index is 14.4. The summed E-state index contributed by atoms with van der Waals surface area (Å²) in [5.74, 6) is -1.16. The maximum Gasteiger partial charge on any atom is 0.306 e. The summed E-state index contributed by atoms with van der Waals surface area (Å²) < 4.78 is 26.0. The highest BCUT2D eigenvalue weighted by Gasteiger charge is 2.32. The number of carboxylic acid groups (broad SMARTS) is 1. The molecule has 0 fully saturated rings. The first kappa shape index (κ1) is 19.5. The van der Waals surface area contributed by atoms with Gasteiger partial charge in [0.15, 0.2) is 11.6 Å². The van der Waals surface area contributed by atoms with Gasteiger partial charge < -0.3 is 14.6 Å². The molecule has 6 heteroatoms. The van der Waals surface area contributed by atoms with Crippen molar-refractivity contribution in [3.05, 3.63) is 57.9 Å². The number of halogens is 2. The fourth-order valence-corrected chi connectivity index (χ4v) is 3.50. The minimum Gasteiger partial charge on any atom is -0.487 e. The molecule has 3 rings (SSSR count). The quantitative estimate of drug-likeness (QED) is 0.748. The lowest BCUT2D eigenvalue weighted by Crippen LogP contribution is -2.25. The molecule has 27 heavy (non-hydrogen) atoms. The summed E-state index contributed by atoms with van der Waals surface area (Å²) in [4.78, 5) is 10.9. The molecule has 0 aliphatic carbocycles. The topological polar surface area (TPSA) is 55.8 Å². The van der Waals surface area contributed by atoms with Crippen molar-refractivity contribution in [1.29, 1.82) is 0 Å². The standard InChI is InChI=1S/C21H22ClFO4/c1-12(20(24)25)6-13-4-5-18(17(23)7-13)26-11-15-9-16(22)8-14-10-21(2,3)27-19(14)15/h4-5,7-9,12H,6,10-11H2,1-3H3,(H,24,25)/t12-/m1/s1. The number of rotatable bonds is 6. The molecule has 0 amide bonds. The Hall–Kier alpha value is -2.27. The minimum atomic E-state index is -0.909. The molecule has 2 aromatic carbocycles. The van der Waals surface area contributed by atoms with Crippen molar-refractivity contribution in [2.45, 2.75) is 45.8 Å². The summed E-state index contributed by atoms with van der Waals surface area (Å²) in [7, 11) is 0. The number of carbonyl (C=O) groups is 1. The van der Waals surface area contributed by atoms with Gasteiger partial charge in [0.1, 0.15) is 18.0 Å². The van der Waals surface area contributed by atoms with Crippen LogP contribution in [0.2, 0.25) is 5.02 Å². The number of aliphatic carboxylic acids is 1. The van der Waals surface area contributed by atoms with E-state index in [4.69, 9.17) is 26.2 Å². The largest absolute Gasteiger partial charge is 0.487 e. The zero-order chi connectivity index (χ0) is 19.8. The van der Waals surface area contributed by atoms with E-state index in [0.29, 0.717) is 10.6 Å². The predicted octanol–water partition coefficient (Wildman–Crippen LogP) is 5.03. The highest BCUT2D eigenvalue weighted by atomic mass is 35.5. The average molecular weight is 393 g/mol. The fraction of sp³-hybridized carbons (Fsp3) is 0.381. The highest BCUT2D eigenvalue weighted by molar-refractivity contribution is 6.30. The van der Waals surface area contributed by atoms with Crippen molar-refractivity contribution < 1.29 is 23.8 Å². The Kier molecular flexibility index (Phi) is 5.33. The lowest BCUT2D eigenvalue weighted by Gasteiger charge is -2.18. The third-order valence-electron chi connectivity index (χ3n) is 4.54. The molecule has 4 nitrogen and oxygen atoms in total. The van der Waals surface area contributed by atoms with Crippen molar-refractivity contribution >= 4 is 17.6 Å². The van der Waals surface area contributed by atoms with Crippen molar-refractivity contribution in [3.63, 3.8) is 0 Å². The van der Waals surface area contributed by atoms with Crippen LogP contribution in [0.5, 0.6) is 11.5 Å². The zero-order valence-electron chi connectivity index (χ0n) is 15.5. The van der Waals surface area contributed by atoms with Crippen LogP contribution in [0.4, 0.5) is 4.39 Å². The van der Waals surface area contributed by atoms with Crippen molar-refractivity contribution in [1.82, 2.24) is 0 Å². The van der Waals surface area contributed by atoms with Gasteiger partial charge in [-0.3, -0.25) is 4.79 Å². The molecule has 0 saturated heterocycles. The van der Waals surface area contributed by atoms with E-state index in [1.54, 1.807) is 19.1 Å². The third-order valence-corrected chi connectivity index (χ3v) is 4.76. The van der Waals surface area contributed by atoms with Crippen LogP contribution < -0.4 is 9.47 Å². The minimum absolute atomic E-state index is 0.104. The van der Waals surface area contributed by atoms with Crippen molar-refractivity contribution in [2.75, 3.05) is 0 Å². The number of hydrogen-bond donors (Lipinski definition) is 1. The van der Waals surface area contributed by atoms with E-state index in [0.717, 1.165) is 23.3 Å². The molecule has 1 aliphatic heterocycles. The van der Waals surface area contributed by atoms with E-state index >= 15 is 0 Å². The van der Waals surface area contributed by atoms with E-state index in [2.05, 4.69) is 0 Å². The average Bonchev–Trinajstić information content (AvgIpc) is 2.87. The molecule has 0 bridgehead atoms. The molecule has 0 saturated carbocycles. The van der Waals surface area contributed by atoms with Crippen LogP contribution in [0, 0.1) is 11.7 Å². The molecule has 2 aromatic rings. The van der Waals surface area contributed by atoms with Crippen molar-refractivity contribution in [3.8, 4) is 11.5 Å². The molecular formula is C21H22ClFO4. The molecule has 0 unspecified atom stereocenters. The summed E-state index contributed by atoms with van der Waals surface area (Å²) in [5, 5.41) is 9.56. The molecule has 1 aliphatic rings. The summed E-state index contributed by atoms with van der Waals surface area (Å²) in [6.45, 7) is 5.72. The maximum atomic E-state index is 14.4. The molecule has 1 atom stereocenters. The van der Waals surface area contributed by atoms with E-state index in [1.807, 2.05) is 19.9 Å². The second-order valence-electron chi connectivity index (χ2n) is 7.59. The SMILES string of the molecule is C[C@H](Cc1ccc(OCc2cc(Cl)cc3c2OC(C)(C)C3)c(F)c1)C(=O)O. The van der Waals surface area contributed by atoms with Gasteiger partial charge in [-0.1, -0.05) is 24.6 Å². The van der Waals surface area contributed by atoms with Gasteiger partial charge in [-0.25, -0.2) is 4.39 Å². The van der Waals surface area contributed by atoms with Gasteiger partial charge in [0.2, 0.25) is 0 Å². The lowest BCUT2D eigenvalue weighted by molar-refractivity contribution is -0.141. The van der Waals surface area contributed by atoms with Gasteiger partial charge in [0, 0.05) is 17.0 Å². The van der Waals surface area contributed by atoms with E-state index in [-0.39, 0.29) is 24.4 Å². The summed E-state index contributed by atoms with van der Waals surface area (Å²) >= 11 is 6.20. The molecule has 0 radical (unpaired) electrons. The van der Waals surface area contributed by atoms with Gasteiger partial charge in [-0.15, -0.1) is 0 Å². The fourth-order valence-electron chi connectivity index (χ4n) is 3.24. The van der Waals surface area contributed by atoms with Gasteiger partial charge in [0.25, 0.3) is 0 Å². The van der Waals surface area contributed by atoms with Gasteiger partial charge in [-0.05, 0) is 55.7 Å². The van der Waals surface area contributed by atoms with Crippen LogP contribution in [-0.4, -0.2) is 16.7 Å². The molecular weight excluding hydrogens is 371 g/mol. The van der Waals surface area contributed by atoms with Crippen LogP contribution in [0.15, 0.2) is 30.3 Å². The second-order valence-corrected chi connectivity index (χ2v) is 8.02. The normalized spacial score (nSPS) is 15.7. The Labute approximate surface area is 162 Å². The number of ether oxygens (including phenoxy) is 2. The van der Waals surface area contributed by atoms with Crippen LogP contribution in [-0.2, 0) is 24.2 Å². The molecule has 1 N–H and O–H groups in total. The Morgan fingerprint density at radius 1 is 1.37 bits per heavy atom. The van der Waals surface area contributed by atoms with Crippen LogP contribution >= 0.6 is 11.6 Å². The Bertz CT molecular complexity index is 879. The Morgan fingerprint density at radius 2 is 2.11 bits per heavy atom. The third kappa shape index (κ3) is 4.53. The summed E-state index contributed by atoms with van der Waals surface area (Å²) in [6.07, 6.45) is 1.01. The summed E-state index contributed by atoms with van der Waals surface area (Å²) in [5.41, 5.74) is 2.09. The number of hydrogen-bond acceptors (Lipinski definition) is 3. The Morgan fingerprint density at radius 3 is 2.78 bits per heavy atom. The molecule has 144 valence electrons. The van der Waals surface area contributed by atoms with Crippen LogP contribution in [0.3, 0.4) is 0 Å². The van der Waals surface area contributed by atoms with E-state index < -0.39 is 17.7 Å². The number of benzene rings is 2. The van der Waals surface area contributed by atoms with Crippen LogP contribution in [0.25, 0.3) is 0 Å². The first-order valence-electron chi connectivity index (χ1n) is 8.79. The van der Waals surface area contributed by atoms with E-state index in [1.165, 1.54) is 12.1 Å². The number of carboxylic acids is 1. The zero-order valence-corrected chi connectivity index (χ0v) is 16.3. The monoisotopic (exact) mass is 392 g/mol. The lowest BCUT2D eigenvalue weighted by atomic mass is 10.0. The predicted molar refractivity (Wildman–Crippen MR) is 101 cm³/mol. The highest BCUT2D eigenvalue weighted by Crippen LogP contribution is 2.40. The van der Waals surface area contributed by atoms with Crippen molar-refractivity contribution in [2.24, 2.45) is 5.92 Å². The smallest absolute Gasteiger partial charge is 0.306 e. The van der Waals surface area contributed by atoms with Gasteiger partial charge in [-0.2, -0.15) is 0 Å². The Balaban J connectivity index is 1.74. The van der Waals surface area contributed by atoms with Gasteiger partial charge >= 0.3 is 5.97 Å². The molecule has 0 aromatic heterocycles. The summed E-state index contributed by atoms with van der Waals surface area (Å²) in [6, 6.07) is 8.17. The van der Waals surface area contributed by atoms with Crippen LogP contribution in [0.1, 0.15) is 37.5 Å². The van der Waals surface area contributed by atoms with Gasteiger partial charge in [0.05, 0.1) is 5.92 Å². The first-order chi connectivity index (χ1) is 12.6. The van der Waals surface area contributed by atoms with E-state index in [9.17, 15) is 9.18 Å². The molecule has 0 spiro atoms. The number of fused-ring (bicyclic) bond motifs is 1. The molecule has 1 heterocycles. The second kappa shape index (κ2) is 7.39.